The van der Waals surface area contributed by atoms with Gasteiger partial charge in [-0.25, -0.2) is 4.98 Å². The van der Waals surface area contributed by atoms with E-state index in [0.717, 1.165) is 16.9 Å². The summed E-state index contributed by atoms with van der Waals surface area (Å²) in [6.45, 7) is 9.46. The zero-order chi connectivity index (χ0) is 16.5. The molecule has 0 aliphatic rings. The predicted octanol–water partition coefficient (Wildman–Crippen LogP) is 3.22. The molecule has 0 aliphatic heterocycles. The summed E-state index contributed by atoms with van der Waals surface area (Å²) >= 11 is 0. The number of nitrogens with zero attached hydrogens (tertiary/aromatic N) is 2. The number of carbonyl (C=O) groups excluding carboxylic acids is 1. The van der Waals surface area contributed by atoms with Crippen LogP contribution in [-0.4, -0.2) is 49.6 Å². The number of fused-ring (bicyclic) bond motifs is 1. The first-order chi connectivity index (χ1) is 10.2. The average molecular weight is 319 g/mol. The van der Waals surface area contributed by atoms with Crippen LogP contribution in [-0.2, 0) is 4.74 Å². The third-order valence-corrected chi connectivity index (χ3v) is 5.53. The molecule has 1 atom stereocenters. The smallest absolute Gasteiger partial charge is 0.253 e. The lowest BCUT2D eigenvalue weighted by atomic mass is 10.2. The number of rotatable bonds is 5. The van der Waals surface area contributed by atoms with Gasteiger partial charge in [-0.05, 0) is 25.1 Å². The van der Waals surface area contributed by atoms with Crippen molar-refractivity contribution in [3.63, 3.8) is 0 Å². The van der Waals surface area contributed by atoms with Crippen LogP contribution in [0.2, 0.25) is 19.6 Å². The van der Waals surface area contributed by atoms with E-state index in [0.29, 0.717) is 12.2 Å². The van der Waals surface area contributed by atoms with Crippen molar-refractivity contribution in [1.82, 2.24) is 14.9 Å². The van der Waals surface area contributed by atoms with Crippen LogP contribution in [0.4, 0.5) is 0 Å². The molecule has 1 unspecified atom stereocenters. The maximum absolute atomic E-state index is 12.1. The summed E-state index contributed by atoms with van der Waals surface area (Å²) in [7, 11) is 1.95. The van der Waals surface area contributed by atoms with Gasteiger partial charge in [0, 0.05) is 26.3 Å². The van der Waals surface area contributed by atoms with Crippen LogP contribution < -0.4 is 0 Å². The fraction of sp³-hybridized carbons (Fsp3) is 0.500. The molecule has 1 amide bonds. The van der Waals surface area contributed by atoms with Gasteiger partial charge in [0.25, 0.3) is 5.91 Å². The van der Waals surface area contributed by atoms with Crippen LogP contribution in [0.3, 0.4) is 0 Å². The van der Waals surface area contributed by atoms with E-state index in [2.05, 4.69) is 29.6 Å². The lowest BCUT2D eigenvalue weighted by Crippen LogP contribution is -2.33. The highest BCUT2D eigenvalue weighted by Gasteiger charge is 2.31. The van der Waals surface area contributed by atoms with Gasteiger partial charge in [-0.3, -0.25) is 4.79 Å². The molecule has 6 heteroatoms. The maximum atomic E-state index is 12.1. The molecule has 0 saturated heterocycles. The number of ether oxygens (including phenoxy) is 1. The van der Waals surface area contributed by atoms with Crippen molar-refractivity contribution in [2.75, 3.05) is 20.7 Å². The van der Waals surface area contributed by atoms with Gasteiger partial charge in [0.15, 0.2) is 0 Å². The van der Waals surface area contributed by atoms with Crippen molar-refractivity contribution in [2.24, 2.45) is 0 Å². The largest absolute Gasteiger partial charge is 0.374 e. The Morgan fingerprint density at radius 2 is 2.05 bits per heavy atom. The highest BCUT2D eigenvalue weighted by Crippen LogP contribution is 2.28. The Morgan fingerprint density at radius 1 is 1.36 bits per heavy atom. The van der Waals surface area contributed by atoms with E-state index >= 15 is 0 Å². The van der Waals surface area contributed by atoms with Gasteiger partial charge >= 0.3 is 0 Å². The molecule has 5 nitrogen and oxygen atoms in total. The van der Waals surface area contributed by atoms with Crippen molar-refractivity contribution < 1.29 is 9.53 Å². The second-order valence-electron chi connectivity index (χ2n) is 6.75. The Bertz CT molecular complexity index is 674. The molecule has 1 aromatic heterocycles. The molecule has 0 bridgehead atoms. The average Bonchev–Trinajstić information content (AvgIpc) is 2.84. The monoisotopic (exact) mass is 319 g/mol. The van der Waals surface area contributed by atoms with Crippen molar-refractivity contribution in [2.45, 2.75) is 32.3 Å². The minimum absolute atomic E-state index is 0.00963. The summed E-state index contributed by atoms with van der Waals surface area (Å²) in [6, 6.07) is 5.57. The van der Waals surface area contributed by atoms with E-state index in [1.54, 1.807) is 19.0 Å². The number of amides is 1. The van der Waals surface area contributed by atoms with Gasteiger partial charge in [0.05, 0.1) is 19.1 Å². The molecule has 0 saturated carbocycles. The van der Waals surface area contributed by atoms with Gasteiger partial charge in [0.2, 0.25) is 0 Å². The summed E-state index contributed by atoms with van der Waals surface area (Å²) in [5.74, 6) is 0.857. The predicted molar refractivity (Wildman–Crippen MR) is 91.8 cm³/mol. The van der Waals surface area contributed by atoms with Crippen LogP contribution in [0.25, 0.3) is 11.0 Å². The van der Waals surface area contributed by atoms with E-state index in [9.17, 15) is 4.79 Å². The maximum Gasteiger partial charge on any atom is 0.253 e. The summed E-state index contributed by atoms with van der Waals surface area (Å²) in [6.07, 6.45) is 0. The Hall–Kier alpha value is -1.66. The Morgan fingerprint density at radius 3 is 2.59 bits per heavy atom. The van der Waals surface area contributed by atoms with Gasteiger partial charge < -0.3 is 14.6 Å². The third kappa shape index (κ3) is 3.39. The lowest BCUT2D eigenvalue weighted by molar-refractivity contribution is 0.0827. The van der Waals surface area contributed by atoms with E-state index in [1.807, 2.05) is 25.1 Å². The molecule has 2 aromatic rings. The van der Waals surface area contributed by atoms with E-state index in [4.69, 9.17) is 4.74 Å². The van der Waals surface area contributed by atoms with Crippen molar-refractivity contribution >= 4 is 25.0 Å². The Kier molecular flexibility index (Phi) is 4.72. The number of hydrogen-bond donors (Lipinski definition) is 1. The van der Waals surface area contributed by atoms with Crippen molar-refractivity contribution in [3.05, 3.63) is 29.6 Å². The molecular weight excluding hydrogens is 294 g/mol. The number of benzene rings is 1. The Labute approximate surface area is 132 Å². The standard InChI is InChI=1S/C16H25N3O2Si/c1-7-21-16(22(4,5)6)14-17-12-9-8-11(10-13(12)18-14)15(20)19(2)3/h8-10,16H,7H2,1-6H3,(H,17,18). The quantitative estimate of drug-likeness (QED) is 0.861. The van der Waals surface area contributed by atoms with Gasteiger partial charge in [-0.15, -0.1) is 0 Å². The molecule has 120 valence electrons. The topological polar surface area (TPSA) is 58.2 Å². The van der Waals surface area contributed by atoms with Gasteiger partial charge in [0.1, 0.15) is 11.6 Å². The third-order valence-electron chi connectivity index (χ3n) is 3.52. The summed E-state index contributed by atoms with van der Waals surface area (Å²) in [5.41, 5.74) is 2.44. The molecule has 0 spiro atoms. The molecule has 1 N–H and O–H groups in total. The second kappa shape index (κ2) is 6.22. The SMILES string of the molecule is CCOC(c1nc2ccc(C(=O)N(C)C)cc2[nH]1)[Si](C)(C)C. The molecule has 1 aromatic carbocycles. The molecule has 22 heavy (non-hydrogen) atoms. The second-order valence-corrected chi connectivity index (χ2v) is 12.0. The van der Waals surface area contributed by atoms with E-state index in [-0.39, 0.29) is 11.6 Å². The number of aromatic nitrogens is 2. The highest BCUT2D eigenvalue weighted by atomic mass is 28.3. The van der Waals surface area contributed by atoms with Crippen LogP contribution in [0, 0.1) is 0 Å². The van der Waals surface area contributed by atoms with Crippen LogP contribution in [0.15, 0.2) is 18.2 Å². The molecule has 0 fully saturated rings. The number of nitrogens with one attached hydrogen (secondary N) is 1. The molecular formula is C16H25N3O2Si. The highest BCUT2D eigenvalue weighted by molar-refractivity contribution is 6.77. The molecule has 2 rings (SSSR count). The minimum Gasteiger partial charge on any atom is -0.374 e. The summed E-state index contributed by atoms with van der Waals surface area (Å²) in [5, 5.41) is 0. The first-order valence-electron chi connectivity index (χ1n) is 7.57. The number of H-pyrrole nitrogens is 1. The zero-order valence-corrected chi connectivity index (χ0v) is 15.2. The summed E-state index contributed by atoms with van der Waals surface area (Å²) < 4.78 is 5.93. The Balaban J connectivity index is 2.43. The van der Waals surface area contributed by atoms with Crippen molar-refractivity contribution in [1.29, 1.82) is 0 Å². The van der Waals surface area contributed by atoms with Crippen LogP contribution in [0.5, 0.6) is 0 Å². The van der Waals surface area contributed by atoms with Gasteiger partial charge in [-0.1, -0.05) is 19.6 Å². The zero-order valence-electron chi connectivity index (χ0n) is 14.2. The first kappa shape index (κ1) is 16.7. The molecule has 0 aliphatic carbocycles. The number of carbonyl (C=O) groups is 1. The van der Waals surface area contributed by atoms with E-state index in [1.165, 1.54) is 0 Å². The summed E-state index contributed by atoms with van der Waals surface area (Å²) in [4.78, 5) is 21.7. The molecule has 1 heterocycles. The number of imidazole rings is 1. The number of hydrogen-bond acceptors (Lipinski definition) is 3. The van der Waals surface area contributed by atoms with Gasteiger partial charge in [-0.2, -0.15) is 0 Å². The fourth-order valence-corrected chi connectivity index (χ4v) is 4.07. The normalized spacial score (nSPS) is 13.4. The van der Waals surface area contributed by atoms with Crippen LogP contribution in [0.1, 0.15) is 28.8 Å². The lowest BCUT2D eigenvalue weighted by Gasteiger charge is -2.26. The molecule has 0 radical (unpaired) electrons. The minimum atomic E-state index is -1.56. The van der Waals surface area contributed by atoms with E-state index < -0.39 is 8.07 Å². The number of aromatic amines is 1. The van der Waals surface area contributed by atoms with Crippen molar-refractivity contribution in [3.8, 4) is 0 Å². The van der Waals surface area contributed by atoms with Crippen LogP contribution >= 0.6 is 0 Å². The first-order valence-corrected chi connectivity index (χ1v) is 11.1. The fourth-order valence-electron chi connectivity index (χ4n) is 2.45.